The molecule has 0 bridgehead atoms. The first-order valence-corrected chi connectivity index (χ1v) is 5.90. The number of fused-ring (bicyclic) bond motifs is 1. The summed E-state index contributed by atoms with van der Waals surface area (Å²) in [6.45, 7) is 6.20. The molecule has 0 aliphatic carbocycles. The van der Waals surface area contributed by atoms with E-state index in [2.05, 4.69) is 15.9 Å². The van der Waals surface area contributed by atoms with Gasteiger partial charge in [-0.25, -0.2) is 4.39 Å². The number of nitrogens with zero attached hydrogens (tertiary/aromatic N) is 1. The second kappa shape index (κ2) is 3.55. The van der Waals surface area contributed by atoms with Crippen LogP contribution in [0.4, 0.5) is 4.39 Å². The van der Waals surface area contributed by atoms with E-state index in [1.165, 1.54) is 6.07 Å². The molecule has 0 spiro atoms. The van der Waals surface area contributed by atoms with Crippen LogP contribution in [0, 0.1) is 5.82 Å². The number of hydrogen-bond acceptors (Lipinski definition) is 1. The number of rotatable bonds is 0. The van der Waals surface area contributed by atoms with Crippen LogP contribution in [0.1, 0.15) is 36.7 Å². The summed E-state index contributed by atoms with van der Waals surface area (Å²) in [4.78, 5) is 13.8. The van der Waals surface area contributed by atoms with Crippen molar-refractivity contribution in [2.45, 2.75) is 32.9 Å². The van der Waals surface area contributed by atoms with Gasteiger partial charge in [-0.2, -0.15) is 0 Å². The first kappa shape index (κ1) is 11.6. The lowest BCUT2D eigenvalue weighted by molar-refractivity contribution is 0.0609. The van der Waals surface area contributed by atoms with Crippen LogP contribution in [0.2, 0.25) is 0 Å². The molecule has 0 atom stereocenters. The number of benzene rings is 1. The van der Waals surface area contributed by atoms with Crippen molar-refractivity contribution >= 4 is 21.8 Å². The zero-order chi connectivity index (χ0) is 12.1. The minimum absolute atomic E-state index is 0.0947. The van der Waals surface area contributed by atoms with Crippen molar-refractivity contribution in [3.63, 3.8) is 0 Å². The van der Waals surface area contributed by atoms with Crippen molar-refractivity contribution in [3.05, 3.63) is 33.5 Å². The zero-order valence-electron chi connectivity index (χ0n) is 9.47. The molecule has 0 saturated heterocycles. The van der Waals surface area contributed by atoms with Crippen molar-refractivity contribution in [2.24, 2.45) is 0 Å². The summed E-state index contributed by atoms with van der Waals surface area (Å²) in [5.41, 5.74) is 0.694. The Hall–Kier alpha value is -0.900. The van der Waals surface area contributed by atoms with Gasteiger partial charge < -0.3 is 4.90 Å². The number of carbonyl (C=O) groups excluding carboxylic acids is 1. The summed E-state index contributed by atoms with van der Waals surface area (Å²) < 4.78 is 14.3. The monoisotopic (exact) mass is 285 g/mol. The minimum Gasteiger partial charge on any atom is -0.329 e. The molecule has 0 fully saturated rings. The molecule has 16 heavy (non-hydrogen) atoms. The Bertz CT molecular complexity index is 465. The summed E-state index contributed by atoms with van der Waals surface area (Å²) in [5.74, 6) is -0.410. The van der Waals surface area contributed by atoms with E-state index in [4.69, 9.17) is 0 Å². The van der Waals surface area contributed by atoms with Crippen molar-refractivity contribution in [1.82, 2.24) is 4.90 Å². The van der Waals surface area contributed by atoms with Gasteiger partial charge in [0, 0.05) is 21.1 Å². The summed E-state index contributed by atoms with van der Waals surface area (Å²) >= 11 is 3.20. The van der Waals surface area contributed by atoms with Crippen LogP contribution in [0.5, 0.6) is 0 Å². The van der Waals surface area contributed by atoms with E-state index in [0.29, 0.717) is 22.1 Å². The van der Waals surface area contributed by atoms with E-state index < -0.39 is 0 Å². The highest BCUT2D eigenvalue weighted by molar-refractivity contribution is 9.10. The average Bonchev–Trinajstić information content (AvgIpc) is 2.43. The van der Waals surface area contributed by atoms with E-state index in [1.807, 2.05) is 20.8 Å². The molecule has 86 valence electrons. The number of amides is 1. The van der Waals surface area contributed by atoms with Crippen LogP contribution < -0.4 is 0 Å². The number of carbonyl (C=O) groups is 1. The van der Waals surface area contributed by atoms with Crippen LogP contribution in [-0.4, -0.2) is 16.3 Å². The summed E-state index contributed by atoms with van der Waals surface area (Å²) in [7, 11) is 0. The Labute approximate surface area is 103 Å². The highest BCUT2D eigenvalue weighted by Gasteiger charge is 2.36. The smallest absolute Gasteiger partial charge is 0.255 e. The lowest BCUT2D eigenvalue weighted by atomic mass is 10.1. The van der Waals surface area contributed by atoms with Gasteiger partial charge in [0.05, 0.1) is 6.54 Å². The lowest BCUT2D eigenvalue weighted by Gasteiger charge is -2.31. The molecular formula is C12H13BrFNO. The van der Waals surface area contributed by atoms with Crippen LogP contribution in [0.3, 0.4) is 0 Å². The zero-order valence-corrected chi connectivity index (χ0v) is 11.1. The Balaban J connectivity index is 2.51. The molecule has 0 unspecified atom stereocenters. The van der Waals surface area contributed by atoms with Crippen molar-refractivity contribution in [1.29, 1.82) is 0 Å². The highest BCUT2D eigenvalue weighted by Crippen LogP contribution is 2.32. The predicted octanol–water partition coefficient (Wildman–Crippen LogP) is 3.34. The van der Waals surface area contributed by atoms with Gasteiger partial charge in [0.15, 0.2) is 0 Å². The normalized spacial score (nSPS) is 15.6. The third-order valence-electron chi connectivity index (χ3n) is 2.76. The summed E-state index contributed by atoms with van der Waals surface area (Å²) in [6.07, 6.45) is 0. The largest absolute Gasteiger partial charge is 0.329 e. The van der Waals surface area contributed by atoms with Gasteiger partial charge in [-0.15, -0.1) is 0 Å². The SMILES string of the molecule is CC(C)(C)N1Cc2c(F)cc(Br)cc2C1=O. The third-order valence-corrected chi connectivity index (χ3v) is 3.22. The van der Waals surface area contributed by atoms with Gasteiger partial charge in [-0.3, -0.25) is 4.79 Å². The molecule has 1 aliphatic heterocycles. The Kier molecular flexibility index (Phi) is 2.57. The minimum atomic E-state index is -0.315. The summed E-state index contributed by atoms with van der Waals surface area (Å²) in [5, 5.41) is 0. The second-order valence-corrected chi connectivity index (χ2v) is 5.89. The molecular weight excluding hydrogens is 273 g/mol. The fourth-order valence-corrected chi connectivity index (χ4v) is 2.30. The molecule has 0 radical (unpaired) electrons. The maximum Gasteiger partial charge on any atom is 0.255 e. The molecule has 1 heterocycles. The molecule has 1 aromatic carbocycles. The molecule has 0 aromatic heterocycles. The third kappa shape index (κ3) is 1.75. The topological polar surface area (TPSA) is 20.3 Å². The standard InChI is InChI=1S/C12H13BrFNO/c1-12(2,3)15-6-9-8(11(15)16)4-7(13)5-10(9)14/h4-5H,6H2,1-3H3. The quantitative estimate of drug-likeness (QED) is 0.716. The first-order chi connectivity index (χ1) is 7.30. The van der Waals surface area contributed by atoms with Crippen LogP contribution in [0.15, 0.2) is 16.6 Å². The molecule has 1 aliphatic rings. The molecule has 0 N–H and O–H groups in total. The Morgan fingerprint density at radius 3 is 2.56 bits per heavy atom. The fourth-order valence-electron chi connectivity index (χ4n) is 1.87. The predicted molar refractivity (Wildman–Crippen MR) is 63.7 cm³/mol. The molecule has 2 rings (SSSR count). The van der Waals surface area contributed by atoms with Crippen molar-refractivity contribution < 1.29 is 9.18 Å². The Morgan fingerprint density at radius 2 is 2.00 bits per heavy atom. The van der Waals surface area contributed by atoms with Gasteiger partial charge in [-0.1, -0.05) is 15.9 Å². The van der Waals surface area contributed by atoms with Gasteiger partial charge in [0.25, 0.3) is 5.91 Å². The lowest BCUT2D eigenvalue weighted by Crippen LogP contribution is -2.41. The highest BCUT2D eigenvalue weighted by atomic mass is 79.9. The van der Waals surface area contributed by atoms with Gasteiger partial charge in [0.1, 0.15) is 5.82 Å². The van der Waals surface area contributed by atoms with E-state index in [1.54, 1.807) is 11.0 Å². The van der Waals surface area contributed by atoms with Crippen molar-refractivity contribution in [3.8, 4) is 0 Å². The van der Waals surface area contributed by atoms with Crippen molar-refractivity contribution in [2.75, 3.05) is 0 Å². The fraction of sp³-hybridized carbons (Fsp3) is 0.417. The maximum absolute atomic E-state index is 13.7. The van der Waals surface area contributed by atoms with E-state index in [-0.39, 0.29) is 17.3 Å². The maximum atomic E-state index is 13.7. The molecule has 1 aromatic rings. The second-order valence-electron chi connectivity index (χ2n) is 4.98. The molecule has 4 heteroatoms. The summed E-state index contributed by atoms with van der Waals surface area (Å²) in [6, 6.07) is 3.09. The first-order valence-electron chi connectivity index (χ1n) is 5.10. The van der Waals surface area contributed by atoms with Crippen LogP contribution >= 0.6 is 15.9 Å². The van der Waals surface area contributed by atoms with Crippen LogP contribution in [-0.2, 0) is 6.54 Å². The number of halogens is 2. The Morgan fingerprint density at radius 1 is 1.38 bits per heavy atom. The number of hydrogen-bond donors (Lipinski definition) is 0. The van der Waals surface area contributed by atoms with Gasteiger partial charge in [-0.05, 0) is 32.9 Å². The molecule has 2 nitrogen and oxygen atoms in total. The van der Waals surface area contributed by atoms with Gasteiger partial charge in [0.2, 0.25) is 0 Å². The van der Waals surface area contributed by atoms with Crippen LogP contribution in [0.25, 0.3) is 0 Å². The molecule has 0 saturated carbocycles. The molecule has 1 amide bonds. The van der Waals surface area contributed by atoms with E-state index in [9.17, 15) is 9.18 Å². The van der Waals surface area contributed by atoms with E-state index in [0.717, 1.165) is 0 Å². The average molecular weight is 286 g/mol. The van der Waals surface area contributed by atoms with Gasteiger partial charge >= 0.3 is 0 Å². The van der Waals surface area contributed by atoms with E-state index >= 15 is 0 Å².